The van der Waals surface area contributed by atoms with Gasteiger partial charge in [0.15, 0.2) is 5.16 Å². The van der Waals surface area contributed by atoms with Gasteiger partial charge in [-0.2, -0.15) is 0 Å². The molecule has 0 aliphatic heterocycles. The molecule has 1 atom stereocenters. The van der Waals surface area contributed by atoms with Crippen molar-refractivity contribution >= 4 is 23.4 Å². The fourth-order valence-electron chi connectivity index (χ4n) is 1.65. The number of imidazole rings is 1. The van der Waals surface area contributed by atoms with E-state index in [0.717, 1.165) is 33.5 Å². The molecule has 1 aromatic heterocycles. The van der Waals surface area contributed by atoms with Gasteiger partial charge in [-0.1, -0.05) is 36.4 Å². The molecule has 5 heteroatoms. The van der Waals surface area contributed by atoms with Crippen molar-refractivity contribution in [2.75, 3.05) is 0 Å². The van der Waals surface area contributed by atoms with E-state index in [-0.39, 0.29) is 6.04 Å². The molecule has 0 aliphatic carbocycles. The predicted octanol–water partition coefficient (Wildman–Crippen LogP) is 3.49. The second kappa shape index (κ2) is 6.27. The Bertz CT molecular complexity index is 499. The second-order valence-electron chi connectivity index (χ2n) is 4.09. The Morgan fingerprint density at radius 1 is 1.50 bits per heavy atom. The highest BCUT2D eigenvalue weighted by Gasteiger charge is 2.12. The van der Waals surface area contributed by atoms with Crippen LogP contribution >= 0.6 is 23.4 Å². The fourth-order valence-corrected chi connectivity index (χ4v) is 2.87. The van der Waals surface area contributed by atoms with Crippen LogP contribution in [0.5, 0.6) is 0 Å². The van der Waals surface area contributed by atoms with Crippen molar-refractivity contribution in [2.24, 2.45) is 5.73 Å². The van der Waals surface area contributed by atoms with Crippen LogP contribution in [0, 0.1) is 0 Å². The maximum Gasteiger partial charge on any atom is 0.170 e. The summed E-state index contributed by atoms with van der Waals surface area (Å²) in [7, 11) is 0. The summed E-state index contributed by atoms with van der Waals surface area (Å²) in [5.41, 5.74) is 7.13. The van der Waals surface area contributed by atoms with E-state index in [2.05, 4.69) is 23.0 Å². The molecule has 0 spiro atoms. The van der Waals surface area contributed by atoms with E-state index < -0.39 is 0 Å². The molecular weight excluding hydrogens is 266 g/mol. The molecule has 96 valence electrons. The van der Waals surface area contributed by atoms with Gasteiger partial charge in [0.05, 0.1) is 0 Å². The molecule has 18 heavy (non-hydrogen) atoms. The van der Waals surface area contributed by atoms with Crippen LogP contribution in [0.1, 0.15) is 18.9 Å². The Kier molecular flexibility index (Phi) is 4.69. The van der Waals surface area contributed by atoms with Crippen molar-refractivity contribution in [3.05, 3.63) is 41.2 Å². The van der Waals surface area contributed by atoms with E-state index in [1.807, 2.05) is 18.3 Å². The van der Waals surface area contributed by atoms with Crippen molar-refractivity contribution < 1.29 is 0 Å². The summed E-state index contributed by atoms with van der Waals surface area (Å²) in [6.07, 6.45) is 5.28. The van der Waals surface area contributed by atoms with Crippen LogP contribution in [-0.4, -0.2) is 16.0 Å². The van der Waals surface area contributed by atoms with Crippen LogP contribution in [0.3, 0.4) is 0 Å². The van der Waals surface area contributed by atoms with E-state index in [0.29, 0.717) is 0 Å². The van der Waals surface area contributed by atoms with Crippen LogP contribution in [0.2, 0.25) is 5.02 Å². The highest BCUT2D eigenvalue weighted by Crippen LogP contribution is 2.32. The van der Waals surface area contributed by atoms with Crippen LogP contribution in [0.15, 0.2) is 40.6 Å². The molecule has 0 saturated carbocycles. The maximum atomic E-state index is 6.27. The molecule has 3 N–H and O–H groups in total. The van der Waals surface area contributed by atoms with Crippen molar-refractivity contribution in [3.63, 3.8) is 0 Å². The van der Waals surface area contributed by atoms with Crippen LogP contribution in [0.4, 0.5) is 0 Å². The number of aromatic nitrogens is 2. The van der Waals surface area contributed by atoms with Crippen molar-refractivity contribution in [1.82, 2.24) is 9.97 Å². The van der Waals surface area contributed by atoms with E-state index in [9.17, 15) is 0 Å². The van der Waals surface area contributed by atoms with E-state index >= 15 is 0 Å². The summed E-state index contributed by atoms with van der Waals surface area (Å²) in [4.78, 5) is 8.40. The smallest absolute Gasteiger partial charge is 0.170 e. The SMILES string of the molecule is CCC(N)Cc1c(Cl)cccc1Sc1ncc[nH]1. The van der Waals surface area contributed by atoms with Gasteiger partial charge in [-0.25, -0.2) is 4.98 Å². The summed E-state index contributed by atoms with van der Waals surface area (Å²) >= 11 is 7.85. The van der Waals surface area contributed by atoms with Crippen LogP contribution in [-0.2, 0) is 6.42 Å². The van der Waals surface area contributed by atoms with Gasteiger partial charge < -0.3 is 10.7 Å². The number of nitrogens with two attached hydrogens (primary N) is 1. The van der Waals surface area contributed by atoms with Crippen LogP contribution in [0.25, 0.3) is 0 Å². The standard InChI is InChI=1S/C13H16ClN3S/c1-2-9(15)8-10-11(14)4-3-5-12(10)18-13-16-6-7-17-13/h3-7,9H,2,8,15H2,1H3,(H,16,17). The van der Waals surface area contributed by atoms with Gasteiger partial charge in [0.2, 0.25) is 0 Å². The first kappa shape index (κ1) is 13.5. The molecular formula is C13H16ClN3S. The molecule has 2 rings (SSSR count). The lowest BCUT2D eigenvalue weighted by Gasteiger charge is -2.14. The second-order valence-corrected chi connectivity index (χ2v) is 5.52. The first-order valence-electron chi connectivity index (χ1n) is 5.91. The average molecular weight is 282 g/mol. The molecule has 0 saturated heterocycles. The zero-order valence-corrected chi connectivity index (χ0v) is 11.8. The molecule has 0 radical (unpaired) electrons. The minimum absolute atomic E-state index is 0.140. The lowest BCUT2D eigenvalue weighted by atomic mass is 10.0. The van der Waals surface area contributed by atoms with Gasteiger partial charge in [0.25, 0.3) is 0 Å². The quantitative estimate of drug-likeness (QED) is 0.882. The Balaban J connectivity index is 2.26. The molecule has 2 aromatic rings. The van der Waals surface area contributed by atoms with Gasteiger partial charge in [-0.05, 0) is 30.5 Å². The van der Waals surface area contributed by atoms with Gasteiger partial charge in [-0.3, -0.25) is 0 Å². The summed E-state index contributed by atoms with van der Waals surface area (Å²) in [5.74, 6) is 0. The van der Waals surface area contributed by atoms with E-state index in [1.54, 1.807) is 18.0 Å². The molecule has 0 aliphatic rings. The number of aromatic amines is 1. The summed E-state index contributed by atoms with van der Waals surface area (Å²) in [6, 6.07) is 6.05. The number of nitrogens with one attached hydrogen (secondary N) is 1. The number of hydrogen-bond donors (Lipinski definition) is 2. The molecule has 1 unspecified atom stereocenters. The topological polar surface area (TPSA) is 54.7 Å². The van der Waals surface area contributed by atoms with E-state index in [4.69, 9.17) is 17.3 Å². The van der Waals surface area contributed by atoms with Crippen LogP contribution < -0.4 is 5.73 Å². The zero-order valence-electron chi connectivity index (χ0n) is 10.2. The molecule has 1 heterocycles. The van der Waals surface area contributed by atoms with Gasteiger partial charge in [-0.15, -0.1) is 0 Å². The number of halogens is 1. The maximum absolute atomic E-state index is 6.27. The van der Waals surface area contributed by atoms with Gasteiger partial charge in [0, 0.05) is 28.4 Å². The average Bonchev–Trinajstić information content (AvgIpc) is 2.86. The number of hydrogen-bond acceptors (Lipinski definition) is 3. The minimum Gasteiger partial charge on any atom is -0.339 e. The summed E-state index contributed by atoms with van der Waals surface area (Å²) in [6.45, 7) is 2.08. The molecule has 1 aromatic carbocycles. The fraction of sp³-hybridized carbons (Fsp3) is 0.308. The highest BCUT2D eigenvalue weighted by atomic mass is 35.5. The molecule has 0 bridgehead atoms. The normalized spacial score (nSPS) is 12.6. The van der Waals surface area contributed by atoms with Crippen molar-refractivity contribution in [3.8, 4) is 0 Å². The zero-order chi connectivity index (χ0) is 13.0. The van der Waals surface area contributed by atoms with Gasteiger partial charge in [0.1, 0.15) is 0 Å². The third-order valence-corrected chi connectivity index (χ3v) is 4.12. The first-order valence-corrected chi connectivity index (χ1v) is 7.10. The Morgan fingerprint density at radius 2 is 2.33 bits per heavy atom. The molecule has 0 fully saturated rings. The monoisotopic (exact) mass is 281 g/mol. The number of H-pyrrole nitrogens is 1. The Hall–Kier alpha value is -0.970. The lowest BCUT2D eigenvalue weighted by molar-refractivity contribution is 0.641. The summed E-state index contributed by atoms with van der Waals surface area (Å²) in [5, 5.41) is 1.64. The number of rotatable bonds is 5. The third-order valence-electron chi connectivity index (χ3n) is 2.75. The Morgan fingerprint density at radius 3 is 3.00 bits per heavy atom. The molecule has 0 amide bonds. The lowest BCUT2D eigenvalue weighted by Crippen LogP contribution is -2.21. The van der Waals surface area contributed by atoms with Gasteiger partial charge >= 0.3 is 0 Å². The largest absolute Gasteiger partial charge is 0.339 e. The van der Waals surface area contributed by atoms with Crippen molar-refractivity contribution in [1.29, 1.82) is 0 Å². The third kappa shape index (κ3) is 3.28. The Labute approximate surface area is 116 Å². The first-order chi connectivity index (χ1) is 8.70. The molecule has 3 nitrogen and oxygen atoms in total. The number of benzene rings is 1. The predicted molar refractivity (Wildman–Crippen MR) is 76.1 cm³/mol. The highest BCUT2D eigenvalue weighted by molar-refractivity contribution is 7.99. The van der Waals surface area contributed by atoms with E-state index in [1.165, 1.54) is 0 Å². The minimum atomic E-state index is 0.140. The number of nitrogens with zero attached hydrogens (tertiary/aromatic N) is 1. The summed E-state index contributed by atoms with van der Waals surface area (Å²) < 4.78 is 0. The van der Waals surface area contributed by atoms with Crippen molar-refractivity contribution in [2.45, 2.75) is 35.9 Å².